The highest BCUT2D eigenvalue weighted by atomic mass is 16.6. The Morgan fingerprint density at radius 1 is 0.808 bits per heavy atom. The van der Waals surface area contributed by atoms with E-state index in [1.54, 1.807) is 0 Å². The first-order valence-corrected chi connectivity index (χ1v) is 10.5. The molecule has 0 amide bonds. The van der Waals surface area contributed by atoms with E-state index in [2.05, 4.69) is 32.4 Å². The quantitative estimate of drug-likeness (QED) is 0.344. The van der Waals surface area contributed by atoms with Crippen molar-refractivity contribution < 1.29 is 23.9 Å². The van der Waals surface area contributed by atoms with Gasteiger partial charge in [-0.25, -0.2) is 0 Å². The lowest BCUT2D eigenvalue weighted by molar-refractivity contribution is -0.929. The predicted octanol–water partition coefficient (Wildman–Crippen LogP) is 3.69. The number of carbonyl (C=O) groups excluding carboxylic acids is 2. The summed E-state index contributed by atoms with van der Waals surface area (Å²) >= 11 is 0. The number of hydrogen-bond donors (Lipinski definition) is 0. The number of rotatable bonds is 14. The SMILES string of the molecule is CC(=O)OC(C)C(=O)[O-].CCCC[N+](CCCC)(CCCC)CCCC. The average Bonchev–Trinajstić information content (AvgIpc) is 2.60. The molecule has 1 atom stereocenters. The van der Waals surface area contributed by atoms with Gasteiger partial charge in [-0.3, -0.25) is 4.79 Å². The molecule has 0 bridgehead atoms. The number of carbonyl (C=O) groups is 2. The van der Waals surface area contributed by atoms with Gasteiger partial charge in [-0.05, 0) is 32.6 Å². The van der Waals surface area contributed by atoms with Crippen LogP contribution < -0.4 is 5.11 Å². The summed E-state index contributed by atoms with van der Waals surface area (Å²) in [5.41, 5.74) is 0. The minimum Gasteiger partial charge on any atom is -0.546 e. The van der Waals surface area contributed by atoms with Gasteiger partial charge in [0.15, 0.2) is 0 Å². The summed E-state index contributed by atoms with van der Waals surface area (Å²) < 4.78 is 5.63. The summed E-state index contributed by atoms with van der Waals surface area (Å²) in [4.78, 5) is 19.9. The second-order valence-electron chi connectivity index (χ2n) is 7.22. The molecule has 0 aromatic carbocycles. The van der Waals surface area contributed by atoms with E-state index >= 15 is 0 Å². The lowest BCUT2D eigenvalue weighted by atomic mass is 10.1. The van der Waals surface area contributed by atoms with Crippen molar-refractivity contribution in [3.63, 3.8) is 0 Å². The first-order valence-electron chi connectivity index (χ1n) is 10.5. The zero-order chi connectivity index (χ0) is 20.4. The molecule has 5 heteroatoms. The van der Waals surface area contributed by atoms with Crippen LogP contribution in [0.5, 0.6) is 0 Å². The molecule has 0 aliphatic carbocycles. The van der Waals surface area contributed by atoms with Crippen LogP contribution >= 0.6 is 0 Å². The van der Waals surface area contributed by atoms with Crippen LogP contribution in [0.2, 0.25) is 0 Å². The van der Waals surface area contributed by atoms with Crippen molar-refractivity contribution >= 4 is 11.9 Å². The molecule has 5 nitrogen and oxygen atoms in total. The Bertz CT molecular complexity index is 320. The normalized spacial score (nSPS) is 12.1. The monoisotopic (exact) mass is 373 g/mol. The largest absolute Gasteiger partial charge is 0.546 e. The van der Waals surface area contributed by atoms with Crippen molar-refractivity contribution in [1.82, 2.24) is 0 Å². The number of unbranched alkanes of at least 4 members (excludes halogenated alkanes) is 4. The number of hydrogen-bond acceptors (Lipinski definition) is 4. The van der Waals surface area contributed by atoms with E-state index in [9.17, 15) is 14.7 Å². The number of carboxylic acid groups (broad SMARTS) is 1. The Balaban J connectivity index is 0. The minimum absolute atomic E-state index is 0.619. The Hall–Kier alpha value is -1.10. The van der Waals surface area contributed by atoms with E-state index in [4.69, 9.17) is 0 Å². The molecular formula is C21H43NO4. The van der Waals surface area contributed by atoms with Gasteiger partial charge in [0.25, 0.3) is 0 Å². The number of quaternary nitrogens is 1. The Morgan fingerprint density at radius 2 is 1.12 bits per heavy atom. The van der Waals surface area contributed by atoms with Gasteiger partial charge in [0, 0.05) is 6.92 Å². The van der Waals surface area contributed by atoms with Crippen molar-refractivity contribution in [2.75, 3.05) is 26.2 Å². The summed E-state index contributed by atoms with van der Waals surface area (Å²) in [5.74, 6) is -2.00. The number of carboxylic acids is 1. The summed E-state index contributed by atoms with van der Waals surface area (Å²) in [6.07, 6.45) is 9.91. The molecule has 0 aromatic rings. The first kappa shape index (κ1) is 27.1. The molecule has 0 aliphatic heterocycles. The second kappa shape index (κ2) is 17.3. The molecule has 0 radical (unpaired) electrons. The predicted molar refractivity (Wildman–Crippen MR) is 106 cm³/mol. The topological polar surface area (TPSA) is 66.4 Å². The van der Waals surface area contributed by atoms with Gasteiger partial charge in [0.05, 0.1) is 32.1 Å². The molecule has 1 unspecified atom stereocenters. The number of ether oxygens (including phenoxy) is 1. The molecule has 0 aromatic heterocycles. The summed E-state index contributed by atoms with van der Waals surface area (Å²) in [6, 6.07) is 0. The smallest absolute Gasteiger partial charge is 0.303 e. The fraction of sp³-hybridized carbons (Fsp3) is 0.905. The molecule has 0 heterocycles. The fourth-order valence-electron chi connectivity index (χ4n) is 2.94. The van der Waals surface area contributed by atoms with E-state index < -0.39 is 18.0 Å². The third-order valence-electron chi connectivity index (χ3n) is 4.62. The van der Waals surface area contributed by atoms with Crippen LogP contribution in [0.15, 0.2) is 0 Å². The van der Waals surface area contributed by atoms with Crippen LogP contribution in [0, 0.1) is 0 Å². The van der Waals surface area contributed by atoms with Crippen LogP contribution in [-0.4, -0.2) is 48.7 Å². The molecule has 156 valence electrons. The Kier molecular flexibility index (Phi) is 18.1. The fourth-order valence-corrected chi connectivity index (χ4v) is 2.94. The van der Waals surface area contributed by atoms with Crippen molar-refractivity contribution in [2.45, 2.75) is 99.0 Å². The summed E-state index contributed by atoms with van der Waals surface area (Å²) in [7, 11) is 0. The minimum atomic E-state index is -1.38. The van der Waals surface area contributed by atoms with Crippen LogP contribution in [0.25, 0.3) is 0 Å². The van der Waals surface area contributed by atoms with Gasteiger partial charge in [0.1, 0.15) is 6.10 Å². The van der Waals surface area contributed by atoms with E-state index in [-0.39, 0.29) is 0 Å². The van der Waals surface area contributed by atoms with Crippen molar-refractivity contribution in [1.29, 1.82) is 0 Å². The Morgan fingerprint density at radius 3 is 1.27 bits per heavy atom. The molecule has 0 spiro atoms. The number of nitrogens with zero attached hydrogens (tertiary/aromatic N) is 1. The van der Waals surface area contributed by atoms with Gasteiger partial charge in [0.2, 0.25) is 0 Å². The molecule has 0 aliphatic rings. The molecule has 0 fully saturated rings. The molecule has 0 N–H and O–H groups in total. The van der Waals surface area contributed by atoms with E-state index in [0.29, 0.717) is 0 Å². The Labute approximate surface area is 161 Å². The zero-order valence-electron chi connectivity index (χ0n) is 18.1. The lowest BCUT2D eigenvalue weighted by Gasteiger charge is -2.39. The third-order valence-corrected chi connectivity index (χ3v) is 4.62. The van der Waals surface area contributed by atoms with Gasteiger partial charge in [-0.15, -0.1) is 0 Å². The van der Waals surface area contributed by atoms with Gasteiger partial charge in [-0.1, -0.05) is 53.4 Å². The maximum atomic E-state index is 10.0. The van der Waals surface area contributed by atoms with Crippen LogP contribution in [-0.2, 0) is 14.3 Å². The van der Waals surface area contributed by atoms with Crippen LogP contribution in [0.1, 0.15) is 92.9 Å². The van der Waals surface area contributed by atoms with Crippen molar-refractivity contribution in [3.05, 3.63) is 0 Å². The van der Waals surface area contributed by atoms with Crippen molar-refractivity contribution in [2.24, 2.45) is 0 Å². The summed E-state index contributed by atoms with van der Waals surface area (Å²) in [6.45, 7) is 17.4. The zero-order valence-corrected chi connectivity index (χ0v) is 18.1. The molecule has 26 heavy (non-hydrogen) atoms. The molecule has 0 rings (SSSR count). The maximum Gasteiger partial charge on any atom is 0.303 e. The first-order chi connectivity index (χ1) is 12.3. The average molecular weight is 374 g/mol. The second-order valence-corrected chi connectivity index (χ2v) is 7.22. The maximum absolute atomic E-state index is 10.0. The van der Waals surface area contributed by atoms with E-state index in [0.717, 1.165) is 6.92 Å². The summed E-state index contributed by atoms with van der Waals surface area (Å²) in [5, 5.41) is 9.85. The van der Waals surface area contributed by atoms with Gasteiger partial charge in [-0.2, -0.15) is 0 Å². The van der Waals surface area contributed by atoms with Crippen molar-refractivity contribution in [3.8, 4) is 0 Å². The van der Waals surface area contributed by atoms with Gasteiger partial charge < -0.3 is 19.1 Å². The lowest BCUT2D eigenvalue weighted by Crippen LogP contribution is -2.50. The highest BCUT2D eigenvalue weighted by molar-refractivity contribution is 5.74. The molecule has 0 saturated carbocycles. The highest BCUT2D eigenvalue weighted by Crippen LogP contribution is 2.16. The third kappa shape index (κ3) is 15.2. The standard InChI is InChI=1S/C16H36N.C5H8O4/c1-5-9-13-17(14-10-6-2,15-11-7-3)16-12-8-4;1-3(5(7)8)9-4(2)6/h5-16H2,1-4H3;3H,1-2H3,(H,7,8)/q+1;/p-1. The number of aliphatic carboxylic acids is 1. The highest BCUT2D eigenvalue weighted by Gasteiger charge is 2.24. The van der Waals surface area contributed by atoms with Crippen LogP contribution in [0.4, 0.5) is 0 Å². The van der Waals surface area contributed by atoms with E-state index in [1.807, 2.05) is 0 Å². The van der Waals surface area contributed by atoms with Gasteiger partial charge >= 0.3 is 5.97 Å². The molecular weight excluding hydrogens is 330 g/mol. The van der Waals surface area contributed by atoms with E-state index in [1.165, 1.54) is 89.0 Å². The number of esters is 1. The molecule has 0 saturated heterocycles. The van der Waals surface area contributed by atoms with Crippen LogP contribution in [0.3, 0.4) is 0 Å².